The van der Waals surface area contributed by atoms with Gasteiger partial charge in [-0.3, -0.25) is 4.79 Å². The second kappa shape index (κ2) is 9.70. The summed E-state index contributed by atoms with van der Waals surface area (Å²) in [5.74, 6) is 1.01. The van der Waals surface area contributed by atoms with E-state index < -0.39 is 0 Å². The normalized spacial score (nSPS) is 17.2. The molecule has 0 fully saturated rings. The van der Waals surface area contributed by atoms with E-state index in [9.17, 15) is 4.79 Å². The van der Waals surface area contributed by atoms with Gasteiger partial charge in [-0.2, -0.15) is 0 Å². The minimum Gasteiger partial charge on any atom is -0.339 e. The summed E-state index contributed by atoms with van der Waals surface area (Å²) in [6, 6.07) is 0. The van der Waals surface area contributed by atoms with Crippen molar-refractivity contribution in [1.29, 1.82) is 0 Å². The van der Waals surface area contributed by atoms with Crippen LogP contribution in [0.15, 0.2) is 5.38 Å². The van der Waals surface area contributed by atoms with Crippen molar-refractivity contribution in [2.45, 2.75) is 39.0 Å². The third kappa shape index (κ3) is 6.08. The van der Waals surface area contributed by atoms with Crippen molar-refractivity contribution in [2.75, 3.05) is 54.4 Å². The molecule has 1 aromatic rings. The molecule has 0 aliphatic heterocycles. The monoisotopic (exact) mass is 365 g/mol. The lowest BCUT2D eigenvalue weighted by Crippen LogP contribution is -2.36. The lowest BCUT2D eigenvalue weighted by atomic mass is 9.88. The molecule has 0 aromatic carbocycles. The van der Waals surface area contributed by atoms with E-state index in [1.54, 1.807) is 11.3 Å². The van der Waals surface area contributed by atoms with Gasteiger partial charge < -0.3 is 14.7 Å². The second-order valence-corrected chi connectivity index (χ2v) is 8.97. The van der Waals surface area contributed by atoms with Crippen LogP contribution in [0, 0.1) is 5.92 Å². The molecule has 0 saturated carbocycles. The number of carbonyl (C=O) groups excluding carboxylic acids is 1. The minimum absolute atomic E-state index is 0.254. The third-order valence-electron chi connectivity index (χ3n) is 4.99. The van der Waals surface area contributed by atoms with Crippen molar-refractivity contribution < 1.29 is 4.79 Å². The third-order valence-corrected chi connectivity index (χ3v) is 6.04. The molecule has 0 saturated heterocycles. The van der Waals surface area contributed by atoms with E-state index in [-0.39, 0.29) is 5.91 Å². The first-order valence-electron chi connectivity index (χ1n) is 9.56. The average molecular weight is 366 g/mol. The molecule has 1 aromatic heterocycles. The summed E-state index contributed by atoms with van der Waals surface area (Å²) in [6.07, 6.45) is 5.50. The highest BCUT2D eigenvalue weighted by Crippen LogP contribution is 2.33. The summed E-state index contributed by atoms with van der Waals surface area (Å²) in [4.78, 5) is 21.1. The molecule has 2 rings (SSSR count). The van der Waals surface area contributed by atoms with Crippen LogP contribution >= 0.6 is 11.3 Å². The molecule has 1 aliphatic rings. The van der Waals surface area contributed by atoms with Gasteiger partial charge >= 0.3 is 0 Å². The van der Waals surface area contributed by atoms with E-state index in [0.29, 0.717) is 0 Å². The average Bonchev–Trinajstić information content (AvgIpc) is 2.95. The van der Waals surface area contributed by atoms with Gasteiger partial charge in [0.25, 0.3) is 5.91 Å². The highest BCUT2D eigenvalue weighted by atomic mass is 32.1. The van der Waals surface area contributed by atoms with Crippen LogP contribution in [0.5, 0.6) is 0 Å². The first-order valence-corrected chi connectivity index (χ1v) is 10.4. The molecule has 142 valence electrons. The molecule has 1 unspecified atom stereocenters. The number of amides is 1. The van der Waals surface area contributed by atoms with Crippen LogP contribution in [0.3, 0.4) is 0 Å². The van der Waals surface area contributed by atoms with Crippen molar-refractivity contribution >= 4 is 17.2 Å². The number of fused-ring (bicyclic) bond motifs is 1. The minimum atomic E-state index is 0.254. The quantitative estimate of drug-likeness (QED) is 0.672. The Morgan fingerprint density at radius 2 is 1.68 bits per heavy atom. The zero-order valence-corrected chi connectivity index (χ0v) is 17.5. The van der Waals surface area contributed by atoms with Crippen molar-refractivity contribution in [1.82, 2.24) is 14.7 Å². The summed E-state index contributed by atoms with van der Waals surface area (Å²) in [7, 11) is 8.37. The smallest absolute Gasteiger partial charge is 0.254 e. The topological polar surface area (TPSA) is 26.8 Å². The molecular formula is C20H35N3OS. The molecule has 0 N–H and O–H groups in total. The lowest BCUT2D eigenvalue weighted by molar-refractivity contribution is 0.0743. The van der Waals surface area contributed by atoms with Crippen molar-refractivity contribution in [3.05, 3.63) is 21.4 Å². The van der Waals surface area contributed by atoms with Crippen molar-refractivity contribution in [3.8, 4) is 0 Å². The molecule has 5 heteroatoms. The molecule has 1 atom stereocenters. The van der Waals surface area contributed by atoms with Crippen molar-refractivity contribution in [3.63, 3.8) is 0 Å². The van der Waals surface area contributed by atoms with E-state index >= 15 is 0 Å². The van der Waals surface area contributed by atoms with Crippen LogP contribution in [0.4, 0.5) is 0 Å². The van der Waals surface area contributed by atoms with E-state index in [1.165, 1.54) is 16.9 Å². The van der Waals surface area contributed by atoms with Crippen LogP contribution in [0.1, 0.15) is 47.0 Å². The van der Waals surface area contributed by atoms with Gasteiger partial charge in [-0.15, -0.1) is 11.3 Å². The van der Waals surface area contributed by atoms with Crippen LogP contribution in [-0.4, -0.2) is 75.0 Å². The van der Waals surface area contributed by atoms with Gasteiger partial charge in [0.1, 0.15) is 0 Å². The Kier molecular flexibility index (Phi) is 7.91. The molecule has 0 spiro atoms. The molecule has 4 nitrogen and oxygen atoms in total. The number of carbonyl (C=O) groups is 1. The van der Waals surface area contributed by atoms with Gasteiger partial charge in [0.05, 0.1) is 5.56 Å². The molecule has 1 amide bonds. The first-order chi connectivity index (χ1) is 11.9. The Bertz CT molecular complexity index is 539. The summed E-state index contributed by atoms with van der Waals surface area (Å²) in [5, 5.41) is 2.12. The molecule has 25 heavy (non-hydrogen) atoms. The van der Waals surface area contributed by atoms with E-state index in [0.717, 1.165) is 63.3 Å². The fourth-order valence-electron chi connectivity index (χ4n) is 3.50. The standard InChI is InChI=1S/C20H35N3OS/c1-16-8-9-17-18(15-25-19(17)14-16)20(24)23(12-6-10-21(2)3)13-7-11-22(4)5/h15-16H,6-14H2,1-5H3. The number of rotatable bonds is 9. The molecule has 1 aliphatic carbocycles. The molecular weight excluding hydrogens is 330 g/mol. The summed E-state index contributed by atoms with van der Waals surface area (Å²) < 4.78 is 0. The Labute approximate surface area is 157 Å². The fraction of sp³-hybridized carbons (Fsp3) is 0.750. The van der Waals surface area contributed by atoms with Crippen LogP contribution in [0.25, 0.3) is 0 Å². The van der Waals surface area contributed by atoms with Crippen LogP contribution in [-0.2, 0) is 12.8 Å². The first kappa shape index (κ1) is 20.4. The Morgan fingerprint density at radius 3 is 2.24 bits per heavy atom. The largest absolute Gasteiger partial charge is 0.339 e. The predicted octanol–water partition coefficient (Wildman–Crippen LogP) is 3.22. The van der Waals surface area contributed by atoms with Gasteiger partial charge in [-0.25, -0.2) is 0 Å². The van der Waals surface area contributed by atoms with Crippen LogP contribution < -0.4 is 0 Å². The number of hydrogen-bond donors (Lipinski definition) is 0. The lowest BCUT2D eigenvalue weighted by Gasteiger charge is -2.25. The Morgan fingerprint density at radius 1 is 1.08 bits per heavy atom. The highest BCUT2D eigenvalue weighted by molar-refractivity contribution is 7.10. The van der Waals surface area contributed by atoms with Gasteiger partial charge in [0, 0.05) is 23.3 Å². The Hall–Kier alpha value is -0.910. The van der Waals surface area contributed by atoms with Gasteiger partial charge in [-0.1, -0.05) is 6.92 Å². The van der Waals surface area contributed by atoms with E-state index in [1.807, 2.05) is 0 Å². The predicted molar refractivity (Wildman–Crippen MR) is 108 cm³/mol. The van der Waals surface area contributed by atoms with Gasteiger partial charge in [0.15, 0.2) is 0 Å². The number of hydrogen-bond acceptors (Lipinski definition) is 4. The maximum absolute atomic E-state index is 13.2. The summed E-state index contributed by atoms with van der Waals surface area (Å²) in [5.41, 5.74) is 2.33. The number of thiophene rings is 1. The maximum atomic E-state index is 13.2. The van der Waals surface area contributed by atoms with Gasteiger partial charge in [-0.05, 0) is 84.9 Å². The van der Waals surface area contributed by atoms with E-state index in [4.69, 9.17) is 0 Å². The highest BCUT2D eigenvalue weighted by Gasteiger charge is 2.25. The number of nitrogens with zero attached hydrogens (tertiary/aromatic N) is 3. The second-order valence-electron chi connectivity index (χ2n) is 8.00. The SMILES string of the molecule is CC1CCc2c(C(=O)N(CCCN(C)C)CCCN(C)C)csc2C1. The van der Waals surface area contributed by atoms with Crippen molar-refractivity contribution in [2.24, 2.45) is 5.92 Å². The molecule has 0 radical (unpaired) electrons. The zero-order chi connectivity index (χ0) is 18.4. The zero-order valence-electron chi connectivity index (χ0n) is 16.7. The fourth-order valence-corrected chi connectivity index (χ4v) is 4.74. The Balaban J connectivity index is 2.05. The molecule has 1 heterocycles. The summed E-state index contributed by atoms with van der Waals surface area (Å²) >= 11 is 1.79. The summed E-state index contributed by atoms with van der Waals surface area (Å²) in [6.45, 7) is 6.07. The maximum Gasteiger partial charge on any atom is 0.254 e. The van der Waals surface area contributed by atoms with Crippen LogP contribution in [0.2, 0.25) is 0 Å². The van der Waals surface area contributed by atoms with Gasteiger partial charge in [0.2, 0.25) is 0 Å². The van der Waals surface area contributed by atoms with E-state index in [2.05, 4.69) is 55.2 Å². The molecule has 0 bridgehead atoms.